The van der Waals surface area contributed by atoms with E-state index in [1.165, 1.54) is 18.4 Å². The first kappa shape index (κ1) is 10.5. The lowest BCUT2D eigenvalue weighted by molar-refractivity contribution is 0.339. The Labute approximate surface area is 91.4 Å². The van der Waals surface area contributed by atoms with E-state index in [0.29, 0.717) is 6.61 Å². The van der Waals surface area contributed by atoms with Crippen LogP contribution in [-0.4, -0.2) is 6.61 Å². The van der Waals surface area contributed by atoms with E-state index in [2.05, 4.69) is 12.1 Å². The van der Waals surface area contributed by atoms with Crippen LogP contribution in [0.15, 0.2) is 24.3 Å². The fourth-order valence-electron chi connectivity index (χ4n) is 1.85. The third-order valence-electron chi connectivity index (χ3n) is 2.88. The van der Waals surface area contributed by atoms with Gasteiger partial charge >= 0.3 is 0 Å². The number of nitrogens with two attached hydrogens (primary N) is 1. The van der Waals surface area contributed by atoms with Gasteiger partial charge in [0.15, 0.2) is 0 Å². The predicted molar refractivity (Wildman–Crippen MR) is 61.9 cm³/mol. The summed E-state index contributed by atoms with van der Waals surface area (Å²) in [7, 11) is 0. The van der Waals surface area contributed by atoms with Crippen LogP contribution in [0.3, 0.4) is 0 Å². The Hall–Kier alpha value is -1.02. The summed E-state index contributed by atoms with van der Waals surface area (Å²) >= 11 is 0. The molecule has 2 rings (SSSR count). The van der Waals surface area contributed by atoms with Crippen LogP contribution in [0, 0.1) is 5.92 Å². The summed E-state index contributed by atoms with van der Waals surface area (Å²) in [6.07, 6.45) is 3.84. The van der Waals surface area contributed by atoms with Gasteiger partial charge in [0, 0.05) is 6.04 Å². The van der Waals surface area contributed by atoms with Gasteiger partial charge in [-0.15, -0.1) is 0 Å². The molecule has 0 saturated heterocycles. The molecule has 0 amide bonds. The Kier molecular flexibility index (Phi) is 3.27. The molecule has 0 aliphatic heterocycles. The van der Waals surface area contributed by atoms with Crippen molar-refractivity contribution in [3.8, 4) is 5.75 Å². The SMILES string of the molecule is CCOc1cccc([C@H](N)CC2CC2)c1. The lowest BCUT2D eigenvalue weighted by Crippen LogP contribution is -2.11. The molecule has 0 spiro atoms. The van der Waals surface area contributed by atoms with Crippen molar-refractivity contribution in [3.63, 3.8) is 0 Å². The average molecular weight is 205 g/mol. The molecule has 1 aromatic rings. The molecule has 82 valence electrons. The molecule has 1 fully saturated rings. The summed E-state index contributed by atoms with van der Waals surface area (Å²) < 4.78 is 5.46. The first-order valence-corrected chi connectivity index (χ1v) is 5.78. The Morgan fingerprint density at radius 3 is 2.93 bits per heavy atom. The van der Waals surface area contributed by atoms with Crippen LogP contribution in [0.25, 0.3) is 0 Å². The van der Waals surface area contributed by atoms with Gasteiger partial charge in [0.05, 0.1) is 6.61 Å². The minimum atomic E-state index is 0.179. The van der Waals surface area contributed by atoms with Gasteiger partial charge in [0.25, 0.3) is 0 Å². The number of ether oxygens (including phenoxy) is 1. The molecule has 0 heterocycles. The van der Waals surface area contributed by atoms with E-state index in [4.69, 9.17) is 10.5 Å². The fourth-order valence-corrected chi connectivity index (χ4v) is 1.85. The van der Waals surface area contributed by atoms with E-state index in [-0.39, 0.29) is 6.04 Å². The van der Waals surface area contributed by atoms with Crippen LogP contribution in [0.4, 0.5) is 0 Å². The second kappa shape index (κ2) is 4.67. The second-order valence-electron chi connectivity index (χ2n) is 4.29. The molecule has 2 heteroatoms. The zero-order valence-corrected chi connectivity index (χ0v) is 9.28. The summed E-state index contributed by atoms with van der Waals surface area (Å²) in [5.74, 6) is 1.80. The first-order chi connectivity index (χ1) is 7.29. The van der Waals surface area contributed by atoms with Gasteiger partial charge in [-0.05, 0) is 37.0 Å². The zero-order valence-electron chi connectivity index (χ0n) is 9.28. The second-order valence-corrected chi connectivity index (χ2v) is 4.29. The highest BCUT2D eigenvalue weighted by atomic mass is 16.5. The van der Waals surface area contributed by atoms with E-state index >= 15 is 0 Å². The topological polar surface area (TPSA) is 35.2 Å². The molecule has 1 saturated carbocycles. The third-order valence-corrected chi connectivity index (χ3v) is 2.88. The van der Waals surface area contributed by atoms with Crippen molar-refractivity contribution in [1.29, 1.82) is 0 Å². The predicted octanol–water partition coefficient (Wildman–Crippen LogP) is 2.89. The van der Waals surface area contributed by atoms with E-state index in [9.17, 15) is 0 Å². The highest BCUT2D eigenvalue weighted by molar-refractivity contribution is 5.30. The molecule has 1 atom stereocenters. The highest BCUT2D eigenvalue weighted by Gasteiger charge is 2.24. The van der Waals surface area contributed by atoms with Gasteiger partial charge in [0.2, 0.25) is 0 Å². The van der Waals surface area contributed by atoms with Crippen molar-refractivity contribution in [2.45, 2.75) is 32.2 Å². The number of hydrogen-bond acceptors (Lipinski definition) is 2. The molecule has 1 aromatic carbocycles. The Morgan fingerprint density at radius 2 is 2.27 bits per heavy atom. The van der Waals surface area contributed by atoms with Gasteiger partial charge in [-0.2, -0.15) is 0 Å². The molecule has 2 N–H and O–H groups in total. The maximum atomic E-state index is 6.15. The summed E-state index contributed by atoms with van der Waals surface area (Å²) in [6, 6.07) is 8.34. The minimum absolute atomic E-state index is 0.179. The fraction of sp³-hybridized carbons (Fsp3) is 0.538. The maximum absolute atomic E-state index is 6.15. The normalized spacial score (nSPS) is 17.5. The van der Waals surface area contributed by atoms with Crippen molar-refractivity contribution in [3.05, 3.63) is 29.8 Å². The van der Waals surface area contributed by atoms with E-state index in [1.807, 2.05) is 19.1 Å². The van der Waals surface area contributed by atoms with Crippen LogP contribution in [0.5, 0.6) is 5.75 Å². The molecule has 1 aliphatic carbocycles. The van der Waals surface area contributed by atoms with Gasteiger partial charge in [-0.25, -0.2) is 0 Å². The number of hydrogen-bond donors (Lipinski definition) is 1. The largest absolute Gasteiger partial charge is 0.494 e. The Balaban J connectivity index is 2.01. The molecule has 0 bridgehead atoms. The minimum Gasteiger partial charge on any atom is -0.494 e. The summed E-state index contributed by atoms with van der Waals surface area (Å²) in [4.78, 5) is 0. The van der Waals surface area contributed by atoms with E-state index < -0.39 is 0 Å². The number of benzene rings is 1. The first-order valence-electron chi connectivity index (χ1n) is 5.78. The van der Waals surface area contributed by atoms with Crippen LogP contribution in [0.1, 0.15) is 37.8 Å². The molecule has 15 heavy (non-hydrogen) atoms. The summed E-state index contributed by atoms with van der Waals surface area (Å²) in [6.45, 7) is 2.71. The van der Waals surface area contributed by atoms with Crippen molar-refractivity contribution in [2.75, 3.05) is 6.61 Å². The molecule has 1 aliphatic rings. The van der Waals surface area contributed by atoms with Crippen LogP contribution in [-0.2, 0) is 0 Å². The standard InChI is InChI=1S/C13H19NO/c1-2-15-12-5-3-4-11(9-12)13(14)8-10-6-7-10/h3-5,9-10,13H,2,6-8,14H2,1H3/t13-/m1/s1. The monoisotopic (exact) mass is 205 g/mol. The Bertz CT molecular complexity index is 320. The number of rotatable bonds is 5. The molecule has 2 nitrogen and oxygen atoms in total. The maximum Gasteiger partial charge on any atom is 0.119 e. The average Bonchev–Trinajstić information content (AvgIpc) is 3.03. The lowest BCUT2D eigenvalue weighted by Gasteiger charge is -2.12. The van der Waals surface area contributed by atoms with Crippen LogP contribution < -0.4 is 10.5 Å². The third kappa shape index (κ3) is 2.96. The van der Waals surface area contributed by atoms with Gasteiger partial charge in [-0.3, -0.25) is 0 Å². The zero-order chi connectivity index (χ0) is 10.7. The van der Waals surface area contributed by atoms with Crippen LogP contribution >= 0.6 is 0 Å². The van der Waals surface area contributed by atoms with Crippen molar-refractivity contribution in [2.24, 2.45) is 11.7 Å². The highest BCUT2D eigenvalue weighted by Crippen LogP contribution is 2.37. The van der Waals surface area contributed by atoms with Gasteiger partial charge in [0.1, 0.15) is 5.75 Å². The van der Waals surface area contributed by atoms with Gasteiger partial charge in [-0.1, -0.05) is 25.0 Å². The quantitative estimate of drug-likeness (QED) is 0.802. The van der Waals surface area contributed by atoms with E-state index in [1.54, 1.807) is 0 Å². The summed E-state index contributed by atoms with van der Waals surface area (Å²) in [5, 5.41) is 0. The molecule has 0 aromatic heterocycles. The lowest BCUT2D eigenvalue weighted by atomic mass is 10.0. The molecule has 0 unspecified atom stereocenters. The molecule has 0 radical (unpaired) electrons. The molecular weight excluding hydrogens is 186 g/mol. The van der Waals surface area contributed by atoms with Gasteiger partial charge < -0.3 is 10.5 Å². The van der Waals surface area contributed by atoms with Crippen molar-refractivity contribution in [1.82, 2.24) is 0 Å². The Morgan fingerprint density at radius 1 is 1.47 bits per heavy atom. The van der Waals surface area contributed by atoms with E-state index in [0.717, 1.165) is 18.1 Å². The van der Waals surface area contributed by atoms with Crippen molar-refractivity contribution < 1.29 is 4.74 Å². The smallest absolute Gasteiger partial charge is 0.119 e. The van der Waals surface area contributed by atoms with Crippen LogP contribution in [0.2, 0.25) is 0 Å². The summed E-state index contributed by atoms with van der Waals surface area (Å²) in [5.41, 5.74) is 7.35. The van der Waals surface area contributed by atoms with Crippen molar-refractivity contribution >= 4 is 0 Å². The molecular formula is C13H19NO.